The minimum Gasteiger partial charge on any atom is -0.508 e. The third-order valence-electron chi connectivity index (χ3n) is 4.54. The van der Waals surface area contributed by atoms with Gasteiger partial charge in [-0.15, -0.1) is 0 Å². The van der Waals surface area contributed by atoms with Crippen molar-refractivity contribution in [1.82, 2.24) is 10.6 Å². The molecule has 0 aliphatic heterocycles. The number of phenolic OH excluding ortho intramolecular Hbond substituents is 1. The number of carbonyl (C=O) groups is 4. The number of aromatic hydroxyl groups is 1. The largest absolute Gasteiger partial charge is 0.508 e. The summed E-state index contributed by atoms with van der Waals surface area (Å²) < 4.78 is 0. The van der Waals surface area contributed by atoms with Crippen LogP contribution in [0.25, 0.3) is 0 Å². The standard InChI is InChI=1S/C19H28N4O6/c1-3-10(2)16(19(28)29)23-18(27)14(8-11-4-6-12(24)7-5-11)22-17(26)13(20)9-15(21)25/h4-7,10,13-14,16,24H,3,8-9,20H2,1-2H3,(H2,21,25)(H,22,26)(H,23,27)(H,28,29)/t10-,13-,14-,16-/m0/s1. The molecule has 160 valence electrons. The molecule has 0 saturated carbocycles. The highest BCUT2D eigenvalue weighted by molar-refractivity contribution is 5.93. The fraction of sp³-hybridized carbons (Fsp3) is 0.474. The molecule has 0 radical (unpaired) electrons. The molecule has 10 heteroatoms. The summed E-state index contributed by atoms with van der Waals surface area (Å²) in [6.07, 6.45) is 0.147. The fourth-order valence-electron chi connectivity index (χ4n) is 2.60. The Morgan fingerprint density at radius 1 is 1.07 bits per heavy atom. The monoisotopic (exact) mass is 408 g/mol. The molecule has 0 unspecified atom stereocenters. The zero-order valence-electron chi connectivity index (χ0n) is 16.4. The molecule has 0 aliphatic carbocycles. The first-order valence-corrected chi connectivity index (χ1v) is 9.20. The summed E-state index contributed by atoms with van der Waals surface area (Å²) in [5.41, 5.74) is 11.3. The van der Waals surface area contributed by atoms with E-state index in [-0.39, 0.29) is 18.1 Å². The number of primary amides is 1. The van der Waals surface area contributed by atoms with Gasteiger partial charge in [-0.3, -0.25) is 14.4 Å². The molecular formula is C19H28N4O6. The van der Waals surface area contributed by atoms with Crippen LogP contribution in [0.1, 0.15) is 32.3 Å². The number of rotatable bonds is 11. The van der Waals surface area contributed by atoms with Gasteiger partial charge in [0.25, 0.3) is 0 Å². The number of carboxylic acid groups (broad SMARTS) is 1. The molecule has 8 N–H and O–H groups in total. The van der Waals surface area contributed by atoms with E-state index >= 15 is 0 Å². The minimum atomic E-state index is -1.24. The van der Waals surface area contributed by atoms with Gasteiger partial charge in [-0.2, -0.15) is 0 Å². The van der Waals surface area contributed by atoms with Crippen molar-refractivity contribution < 1.29 is 29.4 Å². The second-order valence-electron chi connectivity index (χ2n) is 6.92. The van der Waals surface area contributed by atoms with Crippen molar-refractivity contribution in [3.8, 4) is 5.75 Å². The molecule has 0 aliphatic rings. The van der Waals surface area contributed by atoms with E-state index in [0.717, 1.165) is 0 Å². The van der Waals surface area contributed by atoms with Gasteiger partial charge in [-0.05, 0) is 23.6 Å². The lowest BCUT2D eigenvalue weighted by molar-refractivity contribution is -0.143. The van der Waals surface area contributed by atoms with Crippen molar-refractivity contribution in [2.75, 3.05) is 0 Å². The van der Waals surface area contributed by atoms with E-state index in [4.69, 9.17) is 11.5 Å². The summed E-state index contributed by atoms with van der Waals surface area (Å²) in [6.45, 7) is 3.49. The molecule has 4 atom stereocenters. The van der Waals surface area contributed by atoms with E-state index in [0.29, 0.717) is 12.0 Å². The maximum absolute atomic E-state index is 12.8. The average molecular weight is 408 g/mol. The Labute approximate surface area is 168 Å². The van der Waals surface area contributed by atoms with Gasteiger partial charge in [0.1, 0.15) is 17.8 Å². The minimum absolute atomic E-state index is 0.0218. The van der Waals surface area contributed by atoms with Crippen LogP contribution in [-0.2, 0) is 25.6 Å². The summed E-state index contributed by atoms with van der Waals surface area (Å²) in [5, 5.41) is 23.7. The van der Waals surface area contributed by atoms with E-state index < -0.39 is 48.2 Å². The Morgan fingerprint density at radius 3 is 2.14 bits per heavy atom. The van der Waals surface area contributed by atoms with E-state index in [1.807, 2.05) is 0 Å². The Hall–Kier alpha value is -3.14. The van der Waals surface area contributed by atoms with E-state index in [1.165, 1.54) is 12.1 Å². The van der Waals surface area contributed by atoms with Crippen molar-refractivity contribution in [3.63, 3.8) is 0 Å². The smallest absolute Gasteiger partial charge is 0.326 e. The number of hydrogen-bond acceptors (Lipinski definition) is 6. The highest BCUT2D eigenvalue weighted by Gasteiger charge is 2.30. The van der Waals surface area contributed by atoms with Gasteiger partial charge in [0, 0.05) is 6.42 Å². The number of carboxylic acids is 1. The topological polar surface area (TPSA) is 185 Å². The third-order valence-corrected chi connectivity index (χ3v) is 4.54. The first kappa shape index (κ1) is 23.9. The van der Waals surface area contributed by atoms with Crippen LogP contribution in [0.2, 0.25) is 0 Å². The number of phenols is 1. The Balaban J connectivity index is 3.02. The van der Waals surface area contributed by atoms with Gasteiger partial charge in [0.15, 0.2) is 0 Å². The average Bonchev–Trinajstić information content (AvgIpc) is 2.65. The predicted molar refractivity (Wildman–Crippen MR) is 105 cm³/mol. The molecule has 10 nitrogen and oxygen atoms in total. The van der Waals surface area contributed by atoms with Gasteiger partial charge in [0.2, 0.25) is 17.7 Å². The molecule has 0 spiro atoms. The highest BCUT2D eigenvalue weighted by atomic mass is 16.4. The fourth-order valence-corrected chi connectivity index (χ4v) is 2.60. The number of aliphatic carboxylic acids is 1. The molecule has 0 heterocycles. The van der Waals surface area contributed by atoms with Crippen molar-refractivity contribution in [1.29, 1.82) is 0 Å². The molecule has 0 saturated heterocycles. The molecule has 0 aromatic heterocycles. The number of nitrogens with two attached hydrogens (primary N) is 2. The molecule has 3 amide bonds. The summed E-state index contributed by atoms with van der Waals surface area (Å²) >= 11 is 0. The lowest BCUT2D eigenvalue weighted by Crippen LogP contribution is -2.56. The highest BCUT2D eigenvalue weighted by Crippen LogP contribution is 2.13. The van der Waals surface area contributed by atoms with Gasteiger partial charge in [-0.1, -0.05) is 32.4 Å². The summed E-state index contributed by atoms with van der Waals surface area (Å²) in [7, 11) is 0. The lowest BCUT2D eigenvalue weighted by Gasteiger charge is -2.25. The van der Waals surface area contributed by atoms with E-state index in [2.05, 4.69) is 10.6 Å². The predicted octanol–water partition coefficient (Wildman–Crippen LogP) is -0.762. The molecule has 0 fully saturated rings. The van der Waals surface area contributed by atoms with Gasteiger partial charge >= 0.3 is 5.97 Å². The number of carbonyl (C=O) groups excluding carboxylic acids is 3. The third kappa shape index (κ3) is 7.78. The van der Waals surface area contributed by atoms with Gasteiger partial charge in [-0.25, -0.2) is 4.79 Å². The van der Waals surface area contributed by atoms with Crippen molar-refractivity contribution >= 4 is 23.7 Å². The van der Waals surface area contributed by atoms with Crippen LogP contribution >= 0.6 is 0 Å². The van der Waals surface area contributed by atoms with Crippen molar-refractivity contribution in [2.45, 2.75) is 51.2 Å². The second kappa shape index (κ2) is 11.0. The first-order chi connectivity index (χ1) is 13.5. The van der Waals surface area contributed by atoms with Crippen LogP contribution in [-0.4, -0.2) is 52.0 Å². The van der Waals surface area contributed by atoms with Crippen molar-refractivity contribution in [2.24, 2.45) is 17.4 Å². The normalized spacial score (nSPS) is 14.9. The van der Waals surface area contributed by atoms with Crippen molar-refractivity contribution in [3.05, 3.63) is 29.8 Å². The number of hydrogen-bond donors (Lipinski definition) is 6. The molecule has 1 aromatic rings. The van der Waals surface area contributed by atoms with Crippen LogP contribution in [0, 0.1) is 5.92 Å². The zero-order valence-corrected chi connectivity index (χ0v) is 16.4. The second-order valence-corrected chi connectivity index (χ2v) is 6.92. The van der Waals surface area contributed by atoms with Gasteiger partial charge in [0.05, 0.1) is 12.5 Å². The first-order valence-electron chi connectivity index (χ1n) is 9.20. The van der Waals surface area contributed by atoms with Crippen LogP contribution in [0.4, 0.5) is 0 Å². The molecule has 29 heavy (non-hydrogen) atoms. The zero-order chi connectivity index (χ0) is 22.1. The SMILES string of the molecule is CC[C@H](C)[C@H](NC(=O)[C@H](Cc1ccc(O)cc1)NC(=O)[C@@H](N)CC(N)=O)C(=O)O. The van der Waals surface area contributed by atoms with E-state index in [9.17, 15) is 29.4 Å². The molecular weight excluding hydrogens is 380 g/mol. The number of amides is 3. The lowest BCUT2D eigenvalue weighted by atomic mass is 9.98. The van der Waals surface area contributed by atoms with Crippen LogP contribution in [0.5, 0.6) is 5.75 Å². The van der Waals surface area contributed by atoms with Crippen LogP contribution in [0.3, 0.4) is 0 Å². The number of benzene rings is 1. The Kier molecular flexibility index (Phi) is 9.07. The van der Waals surface area contributed by atoms with Gasteiger partial charge < -0.3 is 32.3 Å². The quantitative estimate of drug-likeness (QED) is 0.278. The van der Waals surface area contributed by atoms with Crippen LogP contribution < -0.4 is 22.1 Å². The number of nitrogens with one attached hydrogen (secondary N) is 2. The molecule has 1 aromatic carbocycles. The Bertz CT molecular complexity index is 737. The Morgan fingerprint density at radius 2 is 1.66 bits per heavy atom. The summed E-state index contributed by atoms with van der Waals surface area (Å²) in [6, 6.07) is 2.45. The van der Waals surface area contributed by atoms with E-state index in [1.54, 1.807) is 26.0 Å². The molecule has 0 bridgehead atoms. The maximum Gasteiger partial charge on any atom is 0.326 e. The molecule has 1 rings (SSSR count). The summed E-state index contributed by atoms with van der Waals surface area (Å²) in [5.74, 6) is -3.73. The van der Waals surface area contributed by atoms with Crippen LogP contribution in [0.15, 0.2) is 24.3 Å². The maximum atomic E-state index is 12.8. The summed E-state index contributed by atoms with van der Waals surface area (Å²) in [4.78, 5) is 47.5.